The fourth-order valence-corrected chi connectivity index (χ4v) is 1.16. The minimum absolute atomic E-state index is 0.159. The first-order chi connectivity index (χ1) is 5.70. The maximum Gasteiger partial charge on any atom is 0.238 e. The van der Waals surface area contributed by atoms with E-state index < -0.39 is 5.95 Å². The number of halogens is 1. The van der Waals surface area contributed by atoms with Crippen LogP contribution in [0.5, 0.6) is 0 Å². The summed E-state index contributed by atoms with van der Waals surface area (Å²) in [7, 11) is 0. The number of aryl methyl sites for hydroxylation is 1. The number of anilines is 1. The van der Waals surface area contributed by atoms with Crippen LogP contribution in [-0.2, 0) is 0 Å². The van der Waals surface area contributed by atoms with E-state index in [0.717, 1.165) is 11.1 Å². The third-order valence-electron chi connectivity index (χ3n) is 1.87. The molecular weight excluding hydrogens is 157 g/mol. The van der Waals surface area contributed by atoms with Gasteiger partial charge in [0.1, 0.15) is 0 Å². The highest BCUT2D eigenvalue weighted by Crippen LogP contribution is 2.17. The third kappa shape index (κ3) is 0.777. The summed E-state index contributed by atoms with van der Waals surface area (Å²) in [5.41, 5.74) is 7.09. The lowest BCUT2D eigenvalue weighted by Gasteiger charge is -2.02. The molecule has 0 aliphatic heterocycles. The average Bonchev–Trinajstić information content (AvgIpc) is 2.48. The molecule has 2 rings (SSSR count). The fraction of sp³-hybridized carbons (Fsp3) is 0.125. The van der Waals surface area contributed by atoms with E-state index in [1.54, 1.807) is 19.1 Å². The zero-order valence-electron chi connectivity index (χ0n) is 6.58. The van der Waals surface area contributed by atoms with Crippen LogP contribution in [0.3, 0.4) is 0 Å². The van der Waals surface area contributed by atoms with Gasteiger partial charge in [0.15, 0.2) is 0 Å². The van der Waals surface area contributed by atoms with Crippen LogP contribution in [0.25, 0.3) is 5.52 Å². The van der Waals surface area contributed by atoms with Gasteiger partial charge in [-0.3, -0.25) is 0 Å². The van der Waals surface area contributed by atoms with Gasteiger partial charge in [0.2, 0.25) is 5.95 Å². The number of rotatable bonds is 0. The lowest BCUT2D eigenvalue weighted by Crippen LogP contribution is -2.02. The number of fused-ring (bicyclic) bond motifs is 1. The molecule has 0 spiro atoms. The highest BCUT2D eigenvalue weighted by Gasteiger charge is 2.07. The summed E-state index contributed by atoms with van der Waals surface area (Å²) in [6.07, 6.45) is 1.54. The molecule has 4 heteroatoms. The highest BCUT2D eigenvalue weighted by molar-refractivity contribution is 5.57. The number of aromatic nitrogens is 2. The van der Waals surface area contributed by atoms with Crippen LogP contribution in [0.2, 0.25) is 0 Å². The van der Waals surface area contributed by atoms with Crippen LogP contribution in [0.4, 0.5) is 10.1 Å². The predicted molar refractivity (Wildman–Crippen MR) is 44.3 cm³/mol. The van der Waals surface area contributed by atoms with E-state index in [1.807, 2.05) is 0 Å². The van der Waals surface area contributed by atoms with Gasteiger partial charge in [0.05, 0.1) is 17.4 Å². The highest BCUT2D eigenvalue weighted by atomic mass is 19.1. The van der Waals surface area contributed by atoms with Gasteiger partial charge in [-0.15, -0.1) is 0 Å². The minimum atomic E-state index is -0.491. The summed E-state index contributed by atoms with van der Waals surface area (Å²) in [6.45, 7) is 1.77. The van der Waals surface area contributed by atoms with Crippen molar-refractivity contribution in [1.29, 1.82) is 0 Å². The Labute approximate surface area is 68.6 Å². The van der Waals surface area contributed by atoms with Gasteiger partial charge in [0, 0.05) is 0 Å². The Morgan fingerprint density at radius 2 is 2.33 bits per heavy atom. The van der Waals surface area contributed by atoms with Crippen molar-refractivity contribution in [3.63, 3.8) is 0 Å². The first-order valence-electron chi connectivity index (χ1n) is 3.58. The predicted octanol–water partition coefficient (Wildman–Crippen LogP) is 1.36. The van der Waals surface area contributed by atoms with Crippen LogP contribution >= 0.6 is 0 Å². The lowest BCUT2D eigenvalue weighted by atomic mass is 10.2. The van der Waals surface area contributed by atoms with E-state index in [1.165, 1.54) is 10.7 Å². The molecule has 2 aromatic heterocycles. The Morgan fingerprint density at radius 1 is 1.58 bits per heavy atom. The van der Waals surface area contributed by atoms with Gasteiger partial charge in [-0.2, -0.15) is 9.49 Å². The molecule has 0 bridgehead atoms. The van der Waals surface area contributed by atoms with Crippen LogP contribution in [-0.4, -0.2) is 9.61 Å². The Bertz CT molecular complexity index is 433. The number of hydrogen-bond acceptors (Lipinski definition) is 2. The number of pyridine rings is 1. The van der Waals surface area contributed by atoms with Gasteiger partial charge in [0.25, 0.3) is 0 Å². The number of nitrogens with two attached hydrogens (primary N) is 1. The molecule has 3 nitrogen and oxygen atoms in total. The van der Waals surface area contributed by atoms with Gasteiger partial charge in [-0.1, -0.05) is 0 Å². The van der Waals surface area contributed by atoms with Crippen molar-refractivity contribution in [2.75, 3.05) is 5.73 Å². The van der Waals surface area contributed by atoms with E-state index in [4.69, 9.17) is 5.73 Å². The topological polar surface area (TPSA) is 43.3 Å². The molecule has 0 atom stereocenters. The molecule has 0 radical (unpaired) electrons. The SMILES string of the molecule is Cc1cc2ccnn2c(F)c1N. The summed E-state index contributed by atoms with van der Waals surface area (Å²) >= 11 is 0. The molecule has 0 fully saturated rings. The largest absolute Gasteiger partial charge is 0.395 e. The van der Waals surface area contributed by atoms with Crippen LogP contribution < -0.4 is 5.73 Å². The molecule has 0 amide bonds. The Kier molecular flexibility index (Phi) is 1.30. The monoisotopic (exact) mass is 165 g/mol. The van der Waals surface area contributed by atoms with Gasteiger partial charge < -0.3 is 5.73 Å². The van der Waals surface area contributed by atoms with Gasteiger partial charge in [-0.05, 0) is 24.6 Å². The van der Waals surface area contributed by atoms with Crippen molar-refractivity contribution >= 4 is 11.2 Å². The van der Waals surface area contributed by atoms with Crippen LogP contribution in [0.1, 0.15) is 5.56 Å². The quantitative estimate of drug-likeness (QED) is 0.599. The first kappa shape index (κ1) is 7.09. The summed E-state index contributed by atoms with van der Waals surface area (Å²) in [5, 5.41) is 3.78. The molecule has 0 aliphatic carbocycles. The molecule has 0 aliphatic rings. The second-order valence-corrected chi connectivity index (χ2v) is 2.70. The Hall–Kier alpha value is -1.58. The Morgan fingerprint density at radius 3 is 3.08 bits per heavy atom. The lowest BCUT2D eigenvalue weighted by molar-refractivity contribution is 0.549. The van der Waals surface area contributed by atoms with Crippen molar-refractivity contribution in [3.8, 4) is 0 Å². The maximum absolute atomic E-state index is 13.3. The molecule has 0 unspecified atom stereocenters. The van der Waals surface area contributed by atoms with E-state index in [-0.39, 0.29) is 5.69 Å². The summed E-state index contributed by atoms with van der Waals surface area (Å²) in [4.78, 5) is 0. The number of nitrogens with zero attached hydrogens (tertiary/aromatic N) is 2. The number of nitrogen functional groups attached to an aromatic ring is 1. The molecule has 2 heterocycles. The van der Waals surface area contributed by atoms with Crippen molar-refractivity contribution in [3.05, 3.63) is 29.8 Å². The van der Waals surface area contributed by atoms with E-state index >= 15 is 0 Å². The number of hydrogen-bond donors (Lipinski definition) is 1. The fourth-order valence-electron chi connectivity index (χ4n) is 1.16. The van der Waals surface area contributed by atoms with E-state index in [0.29, 0.717) is 0 Å². The molecule has 0 aromatic carbocycles. The molecule has 0 saturated carbocycles. The van der Waals surface area contributed by atoms with Crippen molar-refractivity contribution in [1.82, 2.24) is 9.61 Å². The van der Waals surface area contributed by atoms with Crippen LogP contribution in [0.15, 0.2) is 18.3 Å². The zero-order chi connectivity index (χ0) is 8.72. The summed E-state index contributed by atoms with van der Waals surface area (Å²) in [5.74, 6) is -0.491. The second-order valence-electron chi connectivity index (χ2n) is 2.70. The normalized spacial score (nSPS) is 10.8. The molecular formula is C8H8FN3. The molecule has 2 N–H and O–H groups in total. The standard InChI is InChI=1S/C8H8FN3/c1-5-4-6-2-3-11-12(6)8(9)7(5)10/h2-4H,10H2,1H3. The molecule has 2 aromatic rings. The van der Waals surface area contributed by atoms with Gasteiger partial charge >= 0.3 is 0 Å². The summed E-state index contributed by atoms with van der Waals surface area (Å²) < 4.78 is 14.5. The average molecular weight is 165 g/mol. The second kappa shape index (κ2) is 2.20. The van der Waals surface area contributed by atoms with E-state index in [9.17, 15) is 4.39 Å². The van der Waals surface area contributed by atoms with Crippen molar-refractivity contribution < 1.29 is 4.39 Å². The molecule has 0 saturated heterocycles. The zero-order valence-corrected chi connectivity index (χ0v) is 6.58. The molecule has 12 heavy (non-hydrogen) atoms. The van der Waals surface area contributed by atoms with E-state index in [2.05, 4.69) is 5.10 Å². The third-order valence-corrected chi connectivity index (χ3v) is 1.87. The summed E-state index contributed by atoms with van der Waals surface area (Å²) in [6, 6.07) is 3.53. The first-order valence-corrected chi connectivity index (χ1v) is 3.58. The smallest absolute Gasteiger partial charge is 0.238 e. The minimum Gasteiger partial charge on any atom is -0.395 e. The van der Waals surface area contributed by atoms with Crippen molar-refractivity contribution in [2.24, 2.45) is 0 Å². The molecule has 62 valence electrons. The van der Waals surface area contributed by atoms with Crippen LogP contribution in [0, 0.1) is 12.9 Å². The Balaban J connectivity index is 2.94. The van der Waals surface area contributed by atoms with Gasteiger partial charge in [-0.25, -0.2) is 4.52 Å². The van der Waals surface area contributed by atoms with Crippen molar-refractivity contribution in [2.45, 2.75) is 6.92 Å². The maximum atomic E-state index is 13.3.